The molecule has 0 bridgehead atoms. The maximum Gasteiger partial charge on any atom is 0.416 e. The first-order valence-corrected chi connectivity index (χ1v) is 12.3. The van der Waals surface area contributed by atoms with E-state index in [1.807, 2.05) is 0 Å². The average molecular weight is 473 g/mol. The molecule has 0 saturated carbocycles. The highest BCUT2D eigenvalue weighted by atomic mass is 32.2. The van der Waals surface area contributed by atoms with Crippen LogP contribution >= 0.6 is 0 Å². The lowest BCUT2D eigenvalue weighted by atomic mass is 9.70. The Morgan fingerprint density at radius 1 is 1.12 bits per heavy atom. The Morgan fingerprint density at radius 2 is 1.78 bits per heavy atom. The van der Waals surface area contributed by atoms with Crippen LogP contribution in [-0.2, 0) is 21.0 Å². The topological polar surface area (TPSA) is 77.9 Å². The Hall–Kier alpha value is -1.91. The highest BCUT2D eigenvalue weighted by Gasteiger charge is 2.51. The van der Waals surface area contributed by atoms with Gasteiger partial charge in [-0.1, -0.05) is 12.2 Å². The van der Waals surface area contributed by atoms with Gasteiger partial charge in [0.25, 0.3) is 0 Å². The standard InChI is InChI=1S/C22H27F3N2O4S/c23-22(24,25)16-8-10-17(11-9-16)32(30,31)27-14-15-4-2-12-26-13-3-5-18(21(15)26)19(27)6-1-7-20(28)29/h1,6,8-11,15,18-19,21H,2-5,7,12-14H2,(H,28,29)/b6-1+/t15-,18+,19+,21-/m0/s1. The van der Waals surface area contributed by atoms with Crippen LogP contribution in [0.25, 0.3) is 0 Å². The molecular weight excluding hydrogens is 445 g/mol. The monoisotopic (exact) mass is 472 g/mol. The average Bonchev–Trinajstić information content (AvgIpc) is 2.74. The number of nitrogens with zero attached hydrogens (tertiary/aromatic N) is 2. The predicted octanol–water partition coefficient (Wildman–Crippen LogP) is 3.60. The normalized spacial score (nSPS) is 29.7. The Morgan fingerprint density at radius 3 is 2.41 bits per heavy atom. The number of sulfonamides is 1. The van der Waals surface area contributed by atoms with Crippen LogP contribution in [0.1, 0.15) is 37.7 Å². The molecule has 4 atom stereocenters. The molecule has 0 unspecified atom stereocenters. The van der Waals surface area contributed by atoms with Crippen LogP contribution in [0.2, 0.25) is 0 Å². The van der Waals surface area contributed by atoms with E-state index in [9.17, 15) is 26.4 Å². The number of carbonyl (C=O) groups is 1. The van der Waals surface area contributed by atoms with E-state index in [4.69, 9.17) is 5.11 Å². The summed E-state index contributed by atoms with van der Waals surface area (Å²) in [5.41, 5.74) is -0.900. The van der Waals surface area contributed by atoms with Crippen molar-refractivity contribution in [2.75, 3.05) is 19.6 Å². The second-order valence-corrected chi connectivity index (χ2v) is 10.7. The van der Waals surface area contributed by atoms with Gasteiger partial charge in [-0.2, -0.15) is 17.5 Å². The first kappa shape index (κ1) is 23.3. The second-order valence-electron chi connectivity index (χ2n) is 8.85. The largest absolute Gasteiger partial charge is 0.481 e. The summed E-state index contributed by atoms with van der Waals surface area (Å²) in [6, 6.07) is 3.32. The van der Waals surface area contributed by atoms with E-state index in [1.165, 1.54) is 10.4 Å². The fraction of sp³-hybridized carbons (Fsp3) is 0.591. The third-order valence-corrected chi connectivity index (χ3v) is 8.82. The first-order valence-electron chi connectivity index (χ1n) is 10.9. The molecular formula is C22H27F3N2O4S. The summed E-state index contributed by atoms with van der Waals surface area (Å²) in [7, 11) is -4.06. The summed E-state index contributed by atoms with van der Waals surface area (Å²) in [6.45, 7) is 2.24. The lowest BCUT2D eigenvalue weighted by Gasteiger charge is -2.56. The molecule has 6 nitrogen and oxygen atoms in total. The predicted molar refractivity (Wildman–Crippen MR) is 111 cm³/mol. The van der Waals surface area contributed by atoms with Gasteiger partial charge >= 0.3 is 12.1 Å². The third kappa shape index (κ3) is 4.45. The minimum absolute atomic E-state index is 0.0251. The Labute approximate surface area is 185 Å². The van der Waals surface area contributed by atoms with Gasteiger partial charge in [-0.25, -0.2) is 8.42 Å². The summed E-state index contributed by atoms with van der Waals surface area (Å²) in [5.74, 6) is -0.825. The summed E-state index contributed by atoms with van der Waals surface area (Å²) in [4.78, 5) is 13.3. The minimum Gasteiger partial charge on any atom is -0.481 e. The smallest absolute Gasteiger partial charge is 0.416 e. The number of rotatable bonds is 5. The molecule has 32 heavy (non-hydrogen) atoms. The quantitative estimate of drug-likeness (QED) is 0.663. The fourth-order valence-corrected chi connectivity index (χ4v) is 7.34. The van der Waals surface area contributed by atoms with E-state index in [2.05, 4.69) is 4.90 Å². The van der Waals surface area contributed by atoms with Gasteiger partial charge in [0.05, 0.1) is 16.9 Å². The minimum atomic E-state index is -4.55. The molecule has 0 amide bonds. The summed E-state index contributed by atoms with van der Waals surface area (Å²) < 4.78 is 67.4. The number of aliphatic carboxylic acids is 1. The first-order chi connectivity index (χ1) is 15.1. The van der Waals surface area contributed by atoms with Crippen LogP contribution in [-0.4, -0.2) is 60.4 Å². The van der Waals surface area contributed by atoms with E-state index in [-0.39, 0.29) is 35.7 Å². The summed E-state index contributed by atoms with van der Waals surface area (Å²) in [6.07, 6.45) is 2.07. The molecule has 3 fully saturated rings. The van der Waals surface area contributed by atoms with Crippen molar-refractivity contribution in [1.82, 2.24) is 9.21 Å². The molecule has 0 aliphatic carbocycles. The van der Waals surface area contributed by atoms with Gasteiger partial charge < -0.3 is 5.11 Å². The number of benzene rings is 1. The molecule has 3 heterocycles. The van der Waals surface area contributed by atoms with Gasteiger partial charge in [0.15, 0.2) is 0 Å². The molecule has 1 aromatic rings. The van der Waals surface area contributed by atoms with Crippen molar-refractivity contribution >= 4 is 16.0 Å². The van der Waals surface area contributed by atoms with E-state index in [0.29, 0.717) is 0 Å². The maximum atomic E-state index is 13.6. The second kappa shape index (κ2) is 8.79. The zero-order chi connectivity index (χ0) is 23.1. The molecule has 1 N–H and O–H groups in total. The van der Waals surface area contributed by atoms with Crippen molar-refractivity contribution in [3.05, 3.63) is 42.0 Å². The van der Waals surface area contributed by atoms with Gasteiger partial charge in [-0.05, 0) is 74.9 Å². The number of hydrogen-bond acceptors (Lipinski definition) is 4. The van der Waals surface area contributed by atoms with E-state index >= 15 is 0 Å². The van der Waals surface area contributed by atoms with Crippen molar-refractivity contribution in [3.8, 4) is 0 Å². The Kier molecular flexibility index (Phi) is 6.39. The van der Waals surface area contributed by atoms with Gasteiger partial charge in [-0.15, -0.1) is 0 Å². The number of alkyl halides is 3. The van der Waals surface area contributed by atoms with Crippen LogP contribution in [0.15, 0.2) is 41.3 Å². The highest BCUT2D eigenvalue weighted by Crippen LogP contribution is 2.44. The third-order valence-electron chi connectivity index (χ3n) is 6.95. The zero-order valence-corrected chi connectivity index (χ0v) is 18.4. The van der Waals surface area contributed by atoms with E-state index < -0.39 is 33.8 Å². The number of piperidine rings is 3. The van der Waals surface area contributed by atoms with Crippen molar-refractivity contribution < 1.29 is 31.5 Å². The van der Waals surface area contributed by atoms with Crippen molar-refractivity contribution in [3.63, 3.8) is 0 Å². The number of halogens is 3. The molecule has 176 valence electrons. The van der Waals surface area contributed by atoms with E-state index in [0.717, 1.165) is 63.0 Å². The number of hydrogen-bond donors (Lipinski definition) is 1. The van der Waals surface area contributed by atoms with Crippen molar-refractivity contribution in [2.24, 2.45) is 11.8 Å². The maximum absolute atomic E-state index is 13.6. The van der Waals surface area contributed by atoms with Crippen LogP contribution in [0.5, 0.6) is 0 Å². The van der Waals surface area contributed by atoms with Crippen LogP contribution in [0, 0.1) is 11.8 Å². The van der Waals surface area contributed by atoms with Crippen LogP contribution < -0.4 is 0 Å². The Bertz CT molecular complexity index is 976. The number of carboxylic acid groups (broad SMARTS) is 1. The SMILES string of the molecule is O=C(O)C/C=C/[C@@H]1[C@H]2CCCN3CCC[C@@H](CN1S(=O)(=O)c1ccc(C(F)(F)F)cc1)[C@@H]23. The molecule has 0 spiro atoms. The lowest BCUT2D eigenvalue weighted by molar-refractivity contribution is -0.138. The van der Waals surface area contributed by atoms with Gasteiger partial charge in [0.2, 0.25) is 10.0 Å². The molecule has 0 radical (unpaired) electrons. The lowest BCUT2D eigenvalue weighted by Crippen LogP contribution is -2.65. The molecule has 3 saturated heterocycles. The Balaban J connectivity index is 1.70. The van der Waals surface area contributed by atoms with Crippen LogP contribution in [0.3, 0.4) is 0 Å². The molecule has 3 aliphatic rings. The zero-order valence-electron chi connectivity index (χ0n) is 17.5. The summed E-state index contributed by atoms with van der Waals surface area (Å²) in [5, 5.41) is 9.02. The fourth-order valence-electron chi connectivity index (χ4n) is 5.65. The highest BCUT2D eigenvalue weighted by molar-refractivity contribution is 7.89. The van der Waals surface area contributed by atoms with Crippen molar-refractivity contribution in [1.29, 1.82) is 0 Å². The molecule has 3 aliphatic heterocycles. The number of carboxylic acids is 1. The molecule has 1 aromatic carbocycles. The summed E-state index contributed by atoms with van der Waals surface area (Å²) >= 11 is 0. The molecule has 4 rings (SSSR count). The van der Waals surface area contributed by atoms with Gasteiger partial charge in [-0.3, -0.25) is 9.69 Å². The molecule has 0 aromatic heterocycles. The molecule has 10 heteroatoms. The van der Waals surface area contributed by atoms with Crippen LogP contribution in [0.4, 0.5) is 13.2 Å². The van der Waals surface area contributed by atoms with Crippen molar-refractivity contribution in [2.45, 2.75) is 55.3 Å². The van der Waals surface area contributed by atoms with Gasteiger partial charge in [0, 0.05) is 18.6 Å². The van der Waals surface area contributed by atoms with E-state index in [1.54, 1.807) is 6.08 Å². The van der Waals surface area contributed by atoms with Gasteiger partial charge in [0.1, 0.15) is 0 Å².